The maximum Gasteiger partial charge on any atom is 0.239 e. The average Bonchev–Trinajstić information content (AvgIpc) is 3.12. The number of primary amides is 1. The Morgan fingerprint density at radius 3 is 2.45 bits per heavy atom. The van der Waals surface area contributed by atoms with Crippen molar-refractivity contribution in [1.82, 2.24) is 10.2 Å². The van der Waals surface area contributed by atoms with E-state index in [1.165, 1.54) is 0 Å². The maximum absolute atomic E-state index is 12.0. The van der Waals surface area contributed by atoms with E-state index in [9.17, 15) is 13.2 Å². The molecular weight excluding hydrogens is 278 g/mol. The first kappa shape index (κ1) is 15.7. The topological polar surface area (TPSA) is 92.5 Å². The molecule has 0 aromatic carbocycles. The van der Waals surface area contributed by atoms with Gasteiger partial charge in [-0.25, -0.2) is 8.42 Å². The van der Waals surface area contributed by atoms with Crippen molar-refractivity contribution >= 4 is 15.7 Å². The van der Waals surface area contributed by atoms with E-state index in [2.05, 4.69) is 5.32 Å². The van der Waals surface area contributed by atoms with Gasteiger partial charge in [0, 0.05) is 12.6 Å². The van der Waals surface area contributed by atoms with Crippen LogP contribution in [0.25, 0.3) is 0 Å². The van der Waals surface area contributed by atoms with Crippen molar-refractivity contribution in [3.63, 3.8) is 0 Å². The summed E-state index contributed by atoms with van der Waals surface area (Å²) >= 11 is 0. The molecule has 0 aromatic rings. The number of sulfone groups is 1. The van der Waals surface area contributed by atoms with Crippen molar-refractivity contribution in [3.05, 3.63) is 0 Å². The fourth-order valence-electron chi connectivity index (χ4n) is 3.23. The Bertz CT molecular complexity index is 475. The first-order chi connectivity index (χ1) is 9.31. The van der Waals surface area contributed by atoms with Gasteiger partial charge in [-0.2, -0.15) is 0 Å². The third kappa shape index (κ3) is 3.15. The summed E-state index contributed by atoms with van der Waals surface area (Å²) in [5, 5.41) is 3.27. The lowest BCUT2D eigenvalue weighted by Gasteiger charge is -2.37. The lowest BCUT2D eigenvalue weighted by atomic mass is 9.90. The van der Waals surface area contributed by atoms with E-state index in [1.54, 1.807) is 0 Å². The highest BCUT2D eigenvalue weighted by molar-refractivity contribution is 7.91. The van der Waals surface area contributed by atoms with Crippen LogP contribution in [0.3, 0.4) is 0 Å². The van der Waals surface area contributed by atoms with Crippen LogP contribution in [0.15, 0.2) is 0 Å². The third-order valence-corrected chi connectivity index (χ3v) is 6.29. The number of amides is 1. The summed E-state index contributed by atoms with van der Waals surface area (Å²) in [5.41, 5.74) is 4.94. The minimum atomic E-state index is -2.91. The molecule has 0 bridgehead atoms. The van der Waals surface area contributed by atoms with Gasteiger partial charge in [-0.15, -0.1) is 0 Å². The number of nitrogens with one attached hydrogen (secondary N) is 1. The van der Waals surface area contributed by atoms with E-state index in [0.29, 0.717) is 19.5 Å². The molecule has 2 atom stereocenters. The van der Waals surface area contributed by atoms with Gasteiger partial charge in [-0.05, 0) is 38.8 Å². The minimum absolute atomic E-state index is 0.00358. The molecule has 6 nitrogen and oxygen atoms in total. The maximum atomic E-state index is 12.0. The molecule has 3 N–H and O–H groups in total. The van der Waals surface area contributed by atoms with Crippen LogP contribution in [0, 0.1) is 5.92 Å². The molecule has 0 aromatic heterocycles. The minimum Gasteiger partial charge on any atom is -0.368 e. The lowest BCUT2D eigenvalue weighted by Crippen LogP contribution is -2.63. The van der Waals surface area contributed by atoms with Crippen LogP contribution in [0.1, 0.15) is 26.2 Å². The van der Waals surface area contributed by atoms with Crippen molar-refractivity contribution < 1.29 is 13.2 Å². The highest BCUT2D eigenvalue weighted by Crippen LogP contribution is 2.40. The highest BCUT2D eigenvalue weighted by Gasteiger charge is 2.50. The number of rotatable bonds is 7. The third-order valence-electron chi connectivity index (χ3n) is 4.54. The van der Waals surface area contributed by atoms with E-state index in [1.807, 2.05) is 18.9 Å². The van der Waals surface area contributed by atoms with Crippen molar-refractivity contribution in [2.24, 2.45) is 11.7 Å². The molecule has 0 spiro atoms. The molecule has 0 radical (unpaired) electrons. The van der Waals surface area contributed by atoms with Crippen molar-refractivity contribution in [3.8, 4) is 0 Å². The number of carbonyl (C=O) groups excluding carboxylic acids is 1. The molecule has 1 amide bonds. The molecule has 116 valence electrons. The lowest BCUT2D eigenvalue weighted by molar-refractivity contribution is -0.126. The summed E-state index contributed by atoms with van der Waals surface area (Å²) < 4.78 is 23.2. The Labute approximate surface area is 121 Å². The number of hydrogen-bond acceptors (Lipinski definition) is 5. The predicted octanol–water partition coefficient (Wildman–Crippen LogP) is -0.651. The molecule has 1 aliphatic carbocycles. The molecule has 7 heteroatoms. The number of carbonyl (C=O) groups is 1. The Morgan fingerprint density at radius 1 is 1.40 bits per heavy atom. The van der Waals surface area contributed by atoms with Crippen LogP contribution in [0.2, 0.25) is 0 Å². The summed E-state index contributed by atoms with van der Waals surface area (Å²) in [4.78, 5) is 14.0. The largest absolute Gasteiger partial charge is 0.368 e. The van der Waals surface area contributed by atoms with Gasteiger partial charge >= 0.3 is 0 Å². The van der Waals surface area contributed by atoms with E-state index in [4.69, 9.17) is 5.73 Å². The Hall–Kier alpha value is -0.660. The molecular formula is C13H25N3O3S. The van der Waals surface area contributed by atoms with Crippen LogP contribution >= 0.6 is 0 Å². The van der Waals surface area contributed by atoms with Crippen LogP contribution in [-0.2, 0) is 14.6 Å². The first-order valence-corrected chi connectivity index (χ1v) is 9.08. The molecule has 2 aliphatic rings. The second-order valence-corrected chi connectivity index (χ2v) is 8.34. The van der Waals surface area contributed by atoms with Crippen LogP contribution in [-0.4, -0.2) is 62.4 Å². The fraction of sp³-hybridized carbons (Fsp3) is 0.923. The Morgan fingerprint density at radius 2 is 2.05 bits per heavy atom. The van der Waals surface area contributed by atoms with Gasteiger partial charge in [0.25, 0.3) is 0 Å². The van der Waals surface area contributed by atoms with E-state index >= 15 is 0 Å². The predicted molar refractivity (Wildman–Crippen MR) is 78.0 cm³/mol. The quantitative estimate of drug-likeness (QED) is 0.652. The summed E-state index contributed by atoms with van der Waals surface area (Å²) in [6.07, 6.45) is 2.66. The number of nitrogens with two attached hydrogens (primary N) is 1. The second kappa shape index (κ2) is 5.61. The van der Waals surface area contributed by atoms with E-state index in [0.717, 1.165) is 12.8 Å². The zero-order chi connectivity index (χ0) is 15.0. The van der Waals surface area contributed by atoms with Crippen LogP contribution in [0.4, 0.5) is 0 Å². The van der Waals surface area contributed by atoms with Crippen molar-refractivity contribution in [1.29, 1.82) is 0 Å². The highest BCUT2D eigenvalue weighted by atomic mass is 32.2. The molecule has 1 heterocycles. The van der Waals surface area contributed by atoms with Gasteiger partial charge in [0.2, 0.25) is 5.91 Å². The van der Waals surface area contributed by atoms with Crippen molar-refractivity contribution in [2.75, 3.05) is 31.6 Å². The van der Waals surface area contributed by atoms with Gasteiger partial charge in [0.05, 0.1) is 11.5 Å². The molecule has 2 rings (SSSR count). The molecule has 1 saturated heterocycles. The molecule has 2 unspecified atom stereocenters. The molecule has 20 heavy (non-hydrogen) atoms. The molecule has 2 fully saturated rings. The second-order valence-electron chi connectivity index (χ2n) is 6.11. The number of hydrogen-bond donors (Lipinski definition) is 2. The SMILES string of the molecule is CCNC(CN(C)C1CCS(=O)(=O)C1)(C(N)=O)C1CC1. The fourth-order valence-corrected chi connectivity index (χ4v) is 5.04. The molecule has 1 aliphatic heterocycles. The number of likely N-dealkylation sites (N-methyl/N-ethyl adjacent to an activating group) is 2. The number of nitrogens with zero attached hydrogens (tertiary/aromatic N) is 1. The van der Waals surface area contributed by atoms with Crippen LogP contribution < -0.4 is 11.1 Å². The zero-order valence-corrected chi connectivity index (χ0v) is 13.1. The van der Waals surface area contributed by atoms with Gasteiger partial charge in [0.1, 0.15) is 5.54 Å². The summed E-state index contributed by atoms with van der Waals surface area (Å²) in [7, 11) is -1.02. The summed E-state index contributed by atoms with van der Waals surface area (Å²) in [5.74, 6) is 0.390. The monoisotopic (exact) mass is 303 g/mol. The standard InChI is InChI=1S/C13H25N3O3S/c1-3-15-13(12(14)17,10-4-5-10)9-16(2)11-6-7-20(18,19)8-11/h10-11,15H,3-9H2,1-2H3,(H2,14,17). The summed E-state index contributed by atoms with van der Waals surface area (Å²) in [6.45, 7) is 3.12. The van der Waals surface area contributed by atoms with E-state index in [-0.39, 0.29) is 29.4 Å². The smallest absolute Gasteiger partial charge is 0.239 e. The average molecular weight is 303 g/mol. The van der Waals surface area contributed by atoms with Gasteiger partial charge in [-0.3, -0.25) is 9.69 Å². The van der Waals surface area contributed by atoms with Gasteiger partial charge < -0.3 is 11.1 Å². The van der Waals surface area contributed by atoms with Crippen LogP contribution in [0.5, 0.6) is 0 Å². The van der Waals surface area contributed by atoms with Gasteiger partial charge in [-0.1, -0.05) is 6.92 Å². The molecule has 1 saturated carbocycles. The van der Waals surface area contributed by atoms with Gasteiger partial charge in [0.15, 0.2) is 9.84 Å². The zero-order valence-electron chi connectivity index (χ0n) is 12.3. The first-order valence-electron chi connectivity index (χ1n) is 7.26. The van der Waals surface area contributed by atoms with Crippen molar-refractivity contribution in [2.45, 2.75) is 37.8 Å². The Balaban J connectivity index is 2.09. The van der Waals surface area contributed by atoms with E-state index < -0.39 is 15.4 Å². The summed E-state index contributed by atoms with van der Waals surface area (Å²) in [6, 6.07) is -0.00358. The Kier molecular flexibility index (Phi) is 4.41. The normalized spacial score (nSPS) is 28.4.